The van der Waals surface area contributed by atoms with Gasteiger partial charge in [0.2, 0.25) is 5.91 Å². The molecule has 0 atom stereocenters. The Kier molecular flexibility index (Phi) is 6.19. The first-order valence-corrected chi connectivity index (χ1v) is 13.7. The molecule has 0 bridgehead atoms. The van der Waals surface area contributed by atoms with Gasteiger partial charge in [-0.25, -0.2) is 9.37 Å². The maximum absolute atomic E-state index is 14.0. The maximum Gasteiger partial charge on any atom is 0.227 e. The number of carbonyl (C=O) groups excluding carboxylic acids is 1. The number of H-pyrrole nitrogens is 2. The van der Waals surface area contributed by atoms with Crippen molar-refractivity contribution in [3.8, 4) is 39.4 Å². The zero-order valence-electron chi connectivity index (χ0n) is 22.1. The van der Waals surface area contributed by atoms with Crippen molar-refractivity contribution in [2.24, 2.45) is 5.92 Å². The number of nitrogens with one attached hydrogen (secondary N) is 3. The Labute approximate surface area is 234 Å². The second kappa shape index (κ2) is 10.2. The summed E-state index contributed by atoms with van der Waals surface area (Å²) in [7, 11) is 0. The van der Waals surface area contributed by atoms with Crippen LogP contribution >= 0.6 is 0 Å². The van der Waals surface area contributed by atoms with E-state index < -0.39 is 5.82 Å². The number of nitrogens with zero attached hydrogens (tertiary/aromatic N) is 3. The molecule has 0 unspecified atom stereocenters. The number of pyridine rings is 2. The summed E-state index contributed by atoms with van der Waals surface area (Å²) in [5.41, 5.74) is 6.74. The third-order valence-electron chi connectivity index (χ3n) is 7.86. The van der Waals surface area contributed by atoms with Crippen LogP contribution in [0.25, 0.3) is 55.6 Å². The lowest BCUT2D eigenvalue weighted by Gasteiger charge is -2.20. The van der Waals surface area contributed by atoms with Crippen LogP contribution in [0.4, 0.5) is 10.1 Å². The van der Waals surface area contributed by atoms with Crippen molar-refractivity contribution in [1.82, 2.24) is 25.1 Å². The Hall–Kier alpha value is -5.05. The van der Waals surface area contributed by atoms with Crippen LogP contribution in [0.1, 0.15) is 32.1 Å². The number of rotatable bonds is 5. The van der Waals surface area contributed by atoms with Gasteiger partial charge in [-0.3, -0.25) is 14.9 Å². The van der Waals surface area contributed by atoms with Crippen molar-refractivity contribution < 1.29 is 14.3 Å². The summed E-state index contributed by atoms with van der Waals surface area (Å²) in [6.07, 6.45) is 10.4. The van der Waals surface area contributed by atoms with E-state index in [9.17, 15) is 14.3 Å². The molecule has 9 heteroatoms. The molecule has 6 aromatic rings. The lowest BCUT2D eigenvalue weighted by Crippen LogP contribution is -2.24. The lowest BCUT2D eigenvalue weighted by atomic mass is 9.88. The van der Waals surface area contributed by atoms with Crippen LogP contribution in [0.5, 0.6) is 5.75 Å². The van der Waals surface area contributed by atoms with Crippen LogP contribution in [0.2, 0.25) is 0 Å². The Morgan fingerprint density at radius 2 is 1.80 bits per heavy atom. The topological polar surface area (TPSA) is 120 Å². The number of carbonyl (C=O) groups is 1. The summed E-state index contributed by atoms with van der Waals surface area (Å²) >= 11 is 0. The van der Waals surface area contributed by atoms with Gasteiger partial charge >= 0.3 is 0 Å². The van der Waals surface area contributed by atoms with Crippen molar-refractivity contribution in [2.75, 3.05) is 5.32 Å². The molecule has 1 amide bonds. The average Bonchev–Trinajstić information content (AvgIpc) is 3.61. The molecule has 1 saturated carbocycles. The highest BCUT2D eigenvalue weighted by Gasteiger charge is 2.21. The van der Waals surface area contributed by atoms with Gasteiger partial charge in [0.15, 0.2) is 0 Å². The van der Waals surface area contributed by atoms with E-state index in [1.54, 1.807) is 24.7 Å². The first kappa shape index (κ1) is 25.0. The van der Waals surface area contributed by atoms with E-state index in [4.69, 9.17) is 0 Å². The molecule has 204 valence electrons. The largest absolute Gasteiger partial charge is 0.508 e. The van der Waals surface area contributed by atoms with E-state index in [2.05, 4.69) is 30.5 Å². The van der Waals surface area contributed by atoms with Gasteiger partial charge in [-0.2, -0.15) is 5.10 Å². The minimum absolute atomic E-state index is 0.0650. The third-order valence-corrected chi connectivity index (χ3v) is 7.86. The summed E-state index contributed by atoms with van der Waals surface area (Å²) in [5, 5.41) is 22.4. The smallest absolute Gasteiger partial charge is 0.227 e. The predicted molar refractivity (Wildman–Crippen MR) is 157 cm³/mol. The molecule has 0 radical (unpaired) electrons. The van der Waals surface area contributed by atoms with E-state index in [0.29, 0.717) is 22.6 Å². The fraction of sp³-hybridized carbons (Fsp3) is 0.188. The first-order valence-electron chi connectivity index (χ1n) is 13.7. The second-order valence-corrected chi connectivity index (χ2v) is 10.6. The van der Waals surface area contributed by atoms with Gasteiger partial charge in [-0.1, -0.05) is 25.3 Å². The number of phenols is 1. The minimum Gasteiger partial charge on any atom is -0.508 e. The van der Waals surface area contributed by atoms with Crippen molar-refractivity contribution >= 4 is 33.5 Å². The quantitative estimate of drug-likeness (QED) is 0.182. The highest BCUT2D eigenvalue weighted by Crippen LogP contribution is 2.36. The molecule has 2 aromatic carbocycles. The molecule has 0 spiro atoms. The van der Waals surface area contributed by atoms with Gasteiger partial charge < -0.3 is 15.4 Å². The Morgan fingerprint density at radius 1 is 0.927 bits per heavy atom. The van der Waals surface area contributed by atoms with Crippen molar-refractivity contribution in [1.29, 1.82) is 0 Å². The summed E-state index contributed by atoms with van der Waals surface area (Å²) in [6, 6.07) is 15.7. The van der Waals surface area contributed by atoms with Crippen molar-refractivity contribution in [3.05, 3.63) is 79.0 Å². The van der Waals surface area contributed by atoms with E-state index in [1.165, 1.54) is 18.6 Å². The minimum atomic E-state index is -0.515. The molecule has 1 aliphatic rings. The van der Waals surface area contributed by atoms with E-state index >= 15 is 0 Å². The molecule has 7 rings (SSSR count). The van der Waals surface area contributed by atoms with Crippen molar-refractivity contribution in [3.63, 3.8) is 0 Å². The molecule has 0 aliphatic heterocycles. The van der Waals surface area contributed by atoms with Gasteiger partial charge in [0.05, 0.1) is 23.1 Å². The van der Waals surface area contributed by atoms with E-state index in [1.807, 2.05) is 30.3 Å². The van der Waals surface area contributed by atoms with Gasteiger partial charge in [0.1, 0.15) is 22.9 Å². The second-order valence-electron chi connectivity index (χ2n) is 10.6. The lowest BCUT2D eigenvalue weighted by molar-refractivity contribution is -0.120. The molecular formula is C32H27FN6O2. The van der Waals surface area contributed by atoms with Gasteiger partial charge in [0, 0.05) is 40.7 Å². The number of aromatic amines is 2. The molecule has 4 aromatic heterocycles. The fourth-order valence-electron chi connectivity index (χ4n) is 5.81. The predicted octanol–water partition coefficient (Wildman–Crippen LogP) is 7.20. The van der Waals surface area contributed by atoms with Crippen LogP contribution in [-0.2, 0) is 4.79 Å². The fourth-order valence-corrected chi connectivity index (χ4v) is 5.81. The number of phenolic OH excluding ortho intramolecular Hbond substituents is 1. The third kappa shape index (κ3) is 4.80. The summed E-state index contributed by atoms with van der Waals surface area (Å²) in [4.78, 5) is 25.0. The number of anilines is 1. The molecule has 1 aliphatic carbocycles. The van der Waals surface area contributed by atoms with Crippen molar-refractivity contribution in [2.45, 2.75) is 32.1 Å². The molecule has 41 heavy (non-hydrogen) atoms. The highest BCUT2D eigenvalue weighted by atomic mass is 19.1. The van der Waals surface area contributed by atoms with Gasteiger partial charge in [0.25, 0.3) is 0 Å². The molecular weight excluding hydrogens is 519 g/mol. The van der Waals surface area contributed by atoms with Gasteiger partial charge in [-0.15, -0.1) is 0 Å². The normalized spacial score (nSPS) is 14.1. The van der Waals surface area contributed by atoms with Crippen LogP contribution in [-0.4, -0.2) is 36.2 Å². The Bertz CT molecular complexity index is 1900. The molecule has 4 N–H and O–H groups in total. The molecule has 4 heterocycles. The number of benzene rings is 2. The number of hydrogen-bond donors (Lipinski definition) is 4. The Morgan fingerprint density at radius 3 is 2.66 bits per heavy atom. The summed E-state index contributed by atoms with van der Waals surface area (Å²) < 4.78 is 14.0. The number of aromatic hydroxyl groups is 1. The highest BCUT2D eigenvalue weighted by molar-refractivity contribution is 6.01. The molecule has 8 nitrogen and oxygen atoms in total. The van der Waals surface area contributed by atoms with E-state index in [0.717, 1.165) is 70.4 Å². The average molecular weight is 547 g/mol. The molecule has 1 fully saturated rings. The SMILES string of the molecule is O=C(Nc1cncc(-c2ccc3[nH]nc(-c4cc5c(-c6cc(O)cc(F)c6)ccnc5[nH]4)c3c2)c1)C1CCCCC1. The first-order chi connectivity index (χ1) is 20.0. The van der Waals surface area contributed by atoms with Gasteiger partial charge in [-0.05, 0) is 72.0 Å². The van der Waals surface area contributed by atoms with Crippen LogP contribution < -0.4 is 5.32 Å². The molecule has 0 saturated heterocycles. The maximum atomic E-state index is 14.0. The van der Waals surface area contributed by atoms with Crippen LogP contribution in [0.15, 0.2) is 73.2 Å². The standard InChI is InChI=1S/C32H27FN6O2/c33-22-10-20(12-24(40)14-22)25-8-9-35-31-26(25)15-29(37-31)30-27-13-19(6-7-28(27)38-39-30)21-11-23(17-34-16-21)36-32(41)18-4-2-1-3-5-18/h6-18,40H,1-5H2,(H,35,37)(H,36,41)(H,38,39). The number of halogens is 1. The monoisotopic (exact) mass is 546 g/mol. The summed E-state index contributed by atoms with van der Waals surface area (Å²) in [5.74, 6) is -0.524. The number of hydrogen-bond acceptors (Lipinski definition) is 5. The number of aromatic nitrogens is 5. The van der Waals surface area contributed by atoms with Crippen LogP contribution in [0, 0.1) is 11.7 Å². The summed E-state index contributed by atoms with van der Waals surface area (Å²) in [6.45, 7) is 0. The zero-order valence-corrected chi connectivity index (χ0v) is 22.1. The number of fused-ring (bicyclic) bond motifs is 2. The van der Waals surface area contributed by atoms with Crippen LogP contribution in [0.3, 0.4) is 0 Å². The zero-order chi connectivity index (χ0) is 27.9. The van der Waals surface area contributed by atoms with E-state index in [-0.39, 0.29) is 17.6 Å². The number of amides is 1. The Balaban J connectivity index is 1.23.